The summed E-state index contributed by atoms with van der Waals surface area (Å²) in [5, 5.41) is 5.27. The van der Waals surface area contributed by atoms with E-state index in [1.54, 1.807) is 0 Å². The zero-order valence-corrected chi connectivity index (χ0v) is 16.7. The Hall–Kier alpha value is -3.38. The highest BCUT2D eigenvalue weighted by molar-refractivity contribution is 5.96. The Balaban J connectivity index is 1.57. The van der Waals surface area contributed by atoms with Crippen LogP contribution in [0.2, 0.25) is 0 Å². The quantitative estimate of drug-likeness (QED) is 0.298. The highest BCUT2D eigenvalue weighted by Gasteiger charge is 2.15. The number of hydrogen-bond acceptors (Lipinski definition) is 0. The first-order valence-electron chi connectivity index (χ1n) is 10.4. The molecule has 0 heteroatoms. The molecular weight excluding hydrogens is 348 g/mol. The molecule has 0 saturated heterocycles. The molecule has 0 fully saturated rings. The molecule has 0 aliphatic carbocycles. The van der Waals surface area contributed by atoms with Crippen LogP contribution >= 0.6 is 0 Å². The van der Waals surface area contributed by atoms with E-state index in [0.717, 1.165) is 6.42 Å². The van der Waals surface area contributed by atoms with E-state index in [9.17, 15) is 0 Å². The normalized spacial score (nSPS) is 12.3. The van der Waals surface area contributed by atoms with E-state index in [1.807, 2.05) is 0 Å². The van der Waals surface area contributed by atoms with Crippen molar-refractivity contribution in [3.05, 3.63) is 120 Å². The fourth-order valence-electron chi connectivity index (χ4n) is 4.56. The second-order valence-electron chi connectivity index (χ2n) is 7.68. The third-order valence-electron chi connectivity index (χ3n) is 6.02. The van der Waals surface area contributed by atoms with Crippen LogP contribution in [0.3, 0.4) is 0 Å². The maximum absolute atomic E-state index is 2.31. The third-order valence-corrected chi connectivity index (χ3v) is 6.02. The molecule has 29 heavy (non-hydrogen) atoms. The molecule has 0 aliphatic rings. The fourth-order valence-corrected chi connectivity index (χ4v) is 4.56. The van der Waals surface area contributed by atoms with Gasteiger partial charge in [-0.15, -0.1) is 0 Å². The summed E-state index contributed by atoms with van der Waals surface area (Å²) in [4.78, 5) is 0. The molecule has 5 rings (SSSR count). The van der Waals surface area contributed by atoms with E-state index in [1.165, 1.54) is 43.8 Å². The van der Waals surface area contributed by atoms with E-state index in [0.29, 0.717) is 5.92 Å². The van der Waals surface area contributed by atoms with E-state index in [4.69, 9.17) is 0 Å². The first-order chi connectivity index (χ1) is 14.3. The minimum atomic E-state index is 0.405. The number of fused-ring (bicyclic) bond motifs is 2. The van der Waals surface area contributed by atoms with Gasteiger partial charge in [-0.3, -0.25) is 0 Å². The summed E-state index contributed by atoms with van der Waals surface area (Å²) in [6.07, 6.45) is 1.08. The standard InChI is InChI=1S/C29H24/c1-2-25(29-16-8-12-22-10-4-6-14-28(22)29)23-17-19-24(20-18-23)27-15-7-11-21-9-3-5-13-26(21)27/h3-20,25H,2H2,1H3. The van der Waals surface area contributed by atoms with Crippen molar-refractivity contribution in [2.45, 2.75) is 19.3 Å². The van der Waals surface area contributed by atoms with Gasteiger partial charge in [-0.2, -0.15) is 0 Å². The topological polar surface area (TPSA) is 0 Å². The molecule has 0 saturated carbocycles. The van der Waals surface area contributed by atoms with Crippen molar-refractivity contribution in [2.24, 2.45) is 0 Å². The highest BCUT2D eigenvalue weighted by atomic mass is 14.2. The smallest absolute Gasteiger partial charge is 0.00928 e. The van der Waals surface area contributed by atoms with Crippen molar-refractivity contribution in [3.8, 4) is 11.1 Å². The molecule has 0 N–H and O–H groups in total. The zero-order valence-electron chi connectivity index (χ0n) is 16.7. The molecule has 1 unspecified atom stereocenters. The van der Waals surface area contributed by atoms with Crippen molar-refractivity contribution in [1.29, 1.82) is 0 Å². The average molecular weight is 373 g/mol. The van der Waals surface area contributed by atoms with Crippen LogP contribution in [0.15, 0.2) is 109 Å². The Morgan fingerprint density at radius 2 is 1.14 bits per heavy atom. The summed E-state index contributed by atoms with van der Waals surface area (Å²) in [5.74, 6) is 0.405. The summed E-state index contributed by atoms with van der Waals surface area (Å²) in [5.41, 5.74) is 5.38. The van der Waals surface area contributed by atoms with Crippen LogP contribution in [-0.2, 0) is 0 Å². The summed E-state index contributed by atoms with van der Waals surface area (Å²) in [6, 6.07) is 39.7. The minimum absolute atomic E-state index is 0.405. The van der Waals surface area contributed by atoms with Gasteiger partial charge in [0.1, 0.15) is 0 Å². The highest BCUT2D eigenvalue weighted by Crippen LogP contribution is 2.35. The van der Waals surface area contributed by atoms with Crippen LogP contribution in [0.25, 0.3) is 32.7 Å². The lowest BCUT2D eigenvalue weighted by molar-refractivity contribution is 0.784. The number of benzene rings is 5. The molecule has 0 amide bonds. The van der Waals surface area contributed by atoms with Crippen molar-refractivity contribution >= 4 is 21.5 Å². The second-order valence-corrected chi connectivity index (χ2v) is 7.68. The van der Waals surface area contributed by atoms with Crippen LogP contribution in [0.5, 0.6) is 0 Å². The molecule has 140 valence electrons. The Labute approximate surface area is 172 Å². The molecule has 1 atom stereocenters. The Kier molecular flexibility index (Phi) is 4.62. The molecule has 0 bridgehead atoms. The summed E-state index contributed by atoms with van der Waals surface area (Å²) in [6.45, 7) is 2.28. The van der Waals surface area contributed by atoms with Gasteiger partial charge >= 0.3 is 0 Å². The predicted octanol–water partition coefficient (Wildman–Crippen LogP) is 8.20. The first-order valence-corrected chi connectivity index (χ1v) is 10.4. The Morgan fingerprint density at radius 3 is 1.86 bits per heavy atom. The van der Waals surface area contributed by atoms with Crippen LogP contribution in [-0.4, -0.2) is 0 Å². The Bertz CT molecular complexity index is 1270. The van der Waals surface area contributed by atoms with Gasteiger partial charge in [0.15, 0.2) is 0 Å². The van der Waals surface area contributed by atoms with Gasteiger partial charge in [0.25, 0.3) is 0 Å². The van der Waals surface area contributed by atoms with Gasteiger partial charge in [0.2, 0.25) is 0 Å². The van der Waals surface area contributed by atoms with Crippen LogP contribution < -0.4 is 0 Å². The minimum Gasteiger partial charge on any atom is -0.0645 e. The number of rotatable bonds is 4. The third kappa shape index (κ3) is 3.21. The lowest BCUT2D eigenvalue weighted by atomic mass is 9.85. The van der Waals surface area contributed by atoms with E-state index in [2.05, 4.69) is 116 Å². The van der Waals surface area contributed by atoms with Gasteiger partial charge in [-0.1, -0.05) is 116 Å². The van der Waals surface area contributed by atoms with Crippen molar-refractivity contribution in [2.75, 3.05) is 0 Å². The molecule has 0 heterocycles. The molecular formula is C29H24. The van der Waals surface area contributed by atoms with Crippen molar-refractivity contribution in [3.63, 3.8) is 0 Å². The largest absolute Gasteiger partial charge is 0.0645 e. The van der Waals surface area contributed by atoms with Gasteiger partial charge in [0.05, 0.1) is 0 Å². The summed E-state index contributed by atoms with van der Waals surface area (Å²) < 4.78 is 0. The van der Waals surface area contributed by atoms with Gasteiger partial charge in [-0.25, -0.2) is 0 Å². The molecule has 0 spiro atoms. The van der Waals surface area contributed by atoms with Crippen LogP contribution in [0, 0.1) is 0 Å². The van der Waals surface area contributed by atoms with Crippen LogP contribution in [0.1, 0.15) is 30.4 Å². The Morgan fingerprint density at radius 1 is 0.552 bits per heavy atom. The van der Waals surface area contributed by atoms with Gasteiger partial charge < -0.3 is 0 Å². The van der Waals surface area contributed by atoms with Crippen molar-refractivity contribution < 1.29 is 0 Å². The van der Waals surface area contributed by atoms with Gasteiger partial charge in [0, 0.05) is 5.92 Å². The monoisotopic (exact) mass is 372 g/mol. The molecule has 0 radical (unpaired) electrons. The predicted molar refractivity (Wildman–Crippen MR) is 125 cm³/mol. The maximum Gasteiger partial charge on any atom is 0.00928 e. The molecule has 5 aromatic rings. The van der Waals surface area contributed by atoms with E-state index >= 15 is 0 Å². The van der Waals surface area contributed by atoms with E-state index in [-0.39, 0.29) is 0 Å². The lowest BCUT2D eigenvalue weighted by Gasteiger charge is -2.19. The summed E-state index contributed by atoms with van der Waals surface area (Å²) in [7, 11) is 0. The van der Waals surface area contributed by atoms with Crippen molar-refractivity contribution in [1.82, 2.24) is 0 Å². The first kappa shape index (κ1) is 17.7. The summed E-state index contributed by atoms with van der Waals surface area (Å²) >= 11 is 0. The maximum atomic E-state index is 2.31. The second kappa shape index (κ2) is 7.56. The molecule has 0 aliphatic heterocycles. The SMILES string of the molecule is CCC(c1ccc(-c2cccc3ccccc23)cc1)c1cccc2ccccc12. The molecule has 5 aromatic carbocycles. The fraction of sp³-hybridized carbons (Fsp3) is 0.103. The van der Waals surface area contributed by atoms with Crippen LogP contribution in [0.4, 0.5) is 0 Å². The number of hydrogen-bond donors (Lipinski definition) is 0. The van der Waals surface area contributed by atoms with E-state index < -0.39 is 0 Å². The zero-order chi connectivity index (χ0) is 19.6. The lowest BCUT2D eigenvalue weighted by Crippen LogP contribution is -2.00. The molecule has 0 nitrogen and oxygen atoms in total. The van der Waals surface area contributed by atoms with Gasteiger partial charge in [-0.05, 0) is 50.2 Å². The molecule has 0 aromatic heterocycles. The average Bonchev–Trinajstić information content (AvgIpc) is 2.80.